The van der Waals surface area contributed by atoms with Gasteiger partial charge in [0, 0.05) is 0 Å². The largest absolute Gasteiger partial charge is 0.508 e. The van der Waals surface area contributed by atoms with E-state index < -0.39 is 0 Å². The summed E-state index contributed by atoms with van der Waals surface area (Å²) in [6.45, 7) is 7.57. The SMILES string of the molecule is C=O.CC1OC(C)OC(C)O1.Oc1ccccc1. The van der Waals surface area contributed by atoms with Crippen molar-refractivity contribution in [2.75, 3.05) is 0 Å². The van der Waals surface area contributed by atoms with Gasteiger partial charge in [0.05, 0.1) is 0 Å². The predicted molar refractivity (Wildman–Crippen MR) is 66.9 cm³/mol. The first-order chi connectivity index (χ1) is 8.58. The highest BCUT2D eigenvalue weighted by atomic mass is 16.9. The highest BCUT2D eigenvalue weighted by Gasteiger charge is 2.20. The zero-order valence-electron chi connectivity index (χ0n) is 10.9. The number of rotatable bonds is 0. The Morgan fingerprint density at radius 1 is 0.889 bits per heavy atom. The van der Waals surface area contributed by atoms with Crippen LogP contribution in [-0.2, 0) is 19.0 Å². The molecule has 1 heterocycles. The van der Waals surface area contributed by atoms with Gasteiger partial charge in [-0.25, -0.2) is 0 Å². The molecule has 1 N–H and O–H groups in total. The third-order valence-corrected chi connectivity index (χ3v) is 1.91. The molecule has 2 rings (SSSR count). The lowest BCUT2D eigenvalue weighted by Crippen LogP contribution is -2.35. The summed E-state index contributed by atoms with van der Waals surface area (Å²) in [6.07, 6.45) is -0.406. The normalized spacial score (nSPS) is 26.1. The van der Waals surface area contributed by atoms with Crippen LogP contribution >= 0.6 is 0 Å². The number of ether oxygens (including phenoxy) is 3. The van der Waals surface area contributed by atoms with Crippen molar-refractivity contribution in [1.29, 1.82) is 0 Å². The molecule has 0 bridgehead atoms. The van der Waals surface area contributed by atoms with E-state index in [1.54, 1.807) is 24.3 Å². The Morgan fingerprint density at radius 2 is 1.22 bits per heavy atom. The standard InChI is InChI=1S/C6H12O3.C6H6O.CH2O/c1-4-7-5(2)9-6(3)8-4;7-6-4-2-1-3-5-6;1-2/h4-6H,1-3H3;1-5,7H;1H2. The summed E-state index contributed by atoms with van der Waals surface area (Å²) >= 11 is 0. The minimum absolute atomic E-state index is 0.135. The number of phenols is 1. The minimum atomic E-state index is -0.135. The van der Waals surface area contributed by atoms with E-state index in [2.05, 4.69) is 0 Å². The van der Waals surface area contributed by atoms with E-state index >= 15 is 0 Å². The van der Waals surface area contributed by atoms with Gasteiger partial charge in [0.15, 0.2) is 18.9 Å². The Kier molecular flexibility index (Phi) is 8.82. The lowest BCUT2D eigenvalue weighted by Gasteiger charge is -2.30. The van der Waals surface area contributed by atoms with Crippen molar-refractivity contribution in [2.24, 2.45) is 0 Å². The molecule has 0 unspecified atom stereocenters. The molecule has 0 atom stereocenters. The van der Waals surface area contributed by atoms with Crippen LogP contribution in [0.15, 0.2) is 30.3 Å². The second kappa shape index (κ2) is 9.58. The van der Waals surface area contributed by atoms with Gasteiger partial charge in [-0.15, -0.1) is 0 Å². The maximum absolute atomic E-state index is 8.63. The number of aromatic hydroxyl groups is 1. The Balaban J connectivity index is 0.000000289. The average Bonchev–Trinajstić information content (AvgIpc) is 2.31. The van der Waals surface area contributed by atoms with Crippen molar-refractivity contribution < 1.29 is 24.1 Å². The fraction of sp³-hybridized carbons (Fsp3) is 0.462. The van der Waals surface area contributed by atoms with Gasteiger partial charge in [-0.3, -0.25) is 0 Å². The van der Waals surface area contributed by atoms with Crippen LogP contribution in [0.25, 0.3) is 0 Å². The van der Waals surface area contributed by atoms with Gasteiger partial charge in [-0.05, 0) is 32.9 Å². The molecule has 0 aliphatic carbocycles. The first-order valence-corrected chi connectivity index (χ1v) is 5.57. The van der Waals surface area contributed by atoms with Crippen molar-refractivity contribution in [2.45, 2.75) is 39.6 Å². The third-order valence-electron chi connectivity index (χ3n) is 1.91. The first-order valence-electron chi connectivity index (χ1n) is 5.57. The third kappa shape index (κ3) is 7.78. The smallest absolute Gasteiger partial charge is 0.161 e. The topological polar surface area (TPSA) is 65.0 Å². The lowest BCUT2D eigenvalue weighted by atomic mass is 10.3. The van der Waals surface area contributed by atoms with Crippen LogP contribution in [0.3, 0.4) is 0 Å². The van der Waals surface area contributed by atoms with Crippen molar-refractivity contribution in [3.63, 3.8) is 0 Å². The van der Waals surface area contributed by atoms with E-state index in [-0.39, 0.29) is 18.9 Å². The highest BCUT2D eigenvalue weighted by molar-refractivity contribution is 5.18. The van der Waals surface area contributed by atoms with Crippen LogP contribution in [0.4, 0.5) is 0 Å². The van der Waals surface area contributed by atoms with Crippen LogP contribution in [0.2, 0.25) is 0 Å². The molecule has 1 fully saturated rings. The summed E-state index contributed by atoms with van der Waals surface area (Å²) in [4.78, 5) is 8.00. The van der Waals surface area contributed by atoms with Gasteiger partial charge in [0.1, 0.15) is 12.5 Å². The number of benzene rings is 1. The van der Waals surface area contributed by atoms with Gasteiger partial charge in [-0.2, -0.15) is 0 Å². The number of carbonyl (C=O) groups excluding carboxylic acids is 1. The molecule has 1 saturated heterocycles. The van der Waals surface area contributed by atoms with Gasteiger partial charge < -0.3 is 24.1 Å². The Bertz CT molecular complexity index is 278. The predicted octanol–water partition coefficient (Wildman–Crippen LogP) is 2.30. The second-order valence-corrected chi connectivity index (χ2v) is 3.45. The van der Waals surface area contributed by atoms with Crippen LogP contribution in [0, 0.1) is 0 Å². The summed E-state index contributed by atoms with van der Waals surface area (Å²) in [5.41, 5.74) is 0. The van der Waals surface area contributed by atoms with Gasteiger partial charge in [0.2, 0.25) is 0 Å². The monoisotopic (exact) mass is 256 g/mol. The summed E-state index contributed by atoms with van der Waals surface area (Å²) in [7, 11) is 0. The molecule has 0 aromatic heterocycles. The van der Waals surface area contributed by atoms with E-state index in [1.165, 1.54) is 0 Å². The van der Waals surface area contributed by atoms with Crippen LogP contribution in [0.5, 0.6) is 5.75 Å². The summed E-state index contributed by atoms with van der Waals surface area (Å²) in [6, 6.07) is 8.71. The van der Waals surface area contributed by atoms with Crippen molar-refractivity contribution in [1.82, 2.24) is 0 Å². The van der Waals surface area contributed by atoms with E-state index in [4.69, 9.17) is 24.1 Å². The Hall–Kier alpha value is -1.43. The molecule has 0 radical (unpaired) electrons. The molecule has 0 amide bonds. The molecule has 102 valence electrons. The number of para-hydroxylation sites is 1. The molecular formula is C13H20O5. The number of phenolic OH excluding ortho intramolecular Hbond substituents is 1. The molecule has 0 saturated carbocycles. The molecule has 18 heavy (non-hydrogen) atoms. The summed E-state index contributed by atoms with van der Waals surface area (Å²) < 4.78 is 15.3. The highest BCUT2D eigenvalue weighted by Crippen LogP contribution is 2.13. The zero-order valence-corrected chi connectivity index (χ0v) is 10.9. The molecule has 1 aliphatic heterocycles. The van der Waals surface area contributed by atoms with E-state index in [1.807, 2.05) is 33.6 Å². The summed E-state index contributed by atoms with van der Waals surface area (Å²) in [5.74, 6) is 0.322. The quantitative estimate of drug-likeness (QED) is 0.771. The molecule has 1 aliphatic rings. The van der Waals surface area contributed by atoms with E-state index in [0.717, 1.165) is 0 Å². The van der Waals surface area contributed by atoms with Crippen molar-refractivity contribution >= 4 is 6.79 Å². The number of hydrogen-bond acceptors (Lipinski definition) is 5. The Morgan fingerprint density at radius 3 is 1.44 bits per heavy atom. The van der Waals surface area contributed by atoms with E-state index in [9.17, 15) is 0 Å². The van der Waals surface area contributed by atoms with Crippen molar-refractivity contribution in [3.05, 3.63) is 30.3 Å². The zero-order chi connectivity index (χ0) is 14.0. The fourth-order valence-corrected chi connectivity index (χ4v) is 1.33. The maximum Gasteiger partial charge on any atom is 0.161 e. The number of carbonyl (C=O) groups is 1. The maximum atomic E-state index is 8.63. The average molecular weight is 256 g/mol. The fourth-order valence-electron chi connectivity index (χ4n) is 1.33. The molecule has 5 heteroatoms. The van der Waals surface area contributed by atoms with Gasteiger partial charge in [0.25, 0.3) is 0 Å². The van der Waals surface area contributed by atoms with Gasteiger partial charge in [-0.1, -0.05) is 18.2 Å². The molecule has 0 spiro atoms. The molecule has 1 aromatic carbocycles. The Labute approximate surface area is 107 Å². The molecule has 5 nitrogen and oxygen atoms in total. The van der Waals surface area contributed by atoms with E-state index in [0.29, 0.717) is 5.75 Å². The summed E-state index contributed by atoms with van der Waals surface area (Å²) in [5, 5.41) is 8.63. The molecule has 1 aromatic rings. The van der Waals surface area contributed by atoms with Crippen LogP contribution in [0.1, 0.15) is 20.8 Å². The van der Waals surface area contributed by atoms with Crippen molar-refractivity contribution in [3.8, 4) is 5.75 Å². The first kappa shape index (κ1) is 16.6. The molecular weight excluding hydrogens is 236 g/mol. The second-order valence-electron chi connectivity index (χ2n) is 3.45. The lowest BCUT2D eigenvalue weighted by molar-refractivity contribution is -0.367. The number of hydrogen-bond donors (Lipinski definition) is 1. The van der Waals surface area contributed by atoms with Crippen LogP contribution < -0.4 is 0 Å². The minimum Gasteiger partial charge on any atom is -0.508 e. The van der Waals surface area contributed by atoms with Gasteiger partial charge >= 0.3 is 0 Å². The van der Waals surface area contributed by atoms with Crippen LogP contribution in [-0.4, -0.2) is 30.8 Å².